The number of hydrogen-bond acceptors (Lipinski definition) is 4. The van der Waals surface area contributed by atoms with Crippen LogP contribution in [-0.2, 0) is 19.1 Å². The quantitative estimate of drug-likeness (QED) is 0.339. The SMILES string of the molecule is CCOCCCOC(=O)CC(C)=O. The Labute approximate surface area is 78.2 Å². The van der Waals surface area contributed by atoms with Crippen LogP contribution in [0.2, 0.25) is 0 Å². The van der Waals surface area contributed by atoms with Crippen molar-refractivity contribution in [1.82, 2.24) is 0 Å². The number of carbonyl (C=O) groups excluding carboxylic acids is 2. The molecule has 0 aliphatic heterocycles. The summed E-state index contributed by atoms with van der Waals surface area (Å²) >= 11 is 0. The summed E-state index contributed by atoms with van der Waals surface area (Å²) in [6.07, 6.45) is 0.548. The van der Waals surface area contributed by atoms with Gasteiger partial charge in [0.25, 0.3) is 0 Å². The molecule has 0 atom stereocenters. The summed E-state index contributed by atoms with van der Waals surface area (Å²) in [5.74, 6) is -0.626. The Hall–Kier alpha value is -0.900. The number of hydrogen-bond donors (Lipinski definition) is 0. The first-order valence-electron chi connectivity index (χ1n) is 4.39. The topological polar surface area (TPSA) is 52.6 Å². The average molecular weight is 188 g/mol. The van der Waals surface area contributed by atoms with Gasteiger partial charge in [-0.1, -0.05) is 0 Å². The lowest BCUT2D eigenvalue weighted by Gasteiger charge is -2.03. The van der Waals surface area contributed by atoms with Crippen molar-refractivity contribution in [2.24, 2.45) is 0 Å². The van der Waals surface area contributed by atoms with E-state index in [1.54, 1.807) is 0 Å². The second-order valence-corrected chi connectivity index (χ2v) is 2.65. The third-order valence-corrected chi connectivity index (χ3v) is 1.29. The fourth-order valence-electron chi connectivity index (χ4n) is 0.746. The smallest absolute Gasteiger partial charge is 0.313 e. The number of carbonyl (C=O) groups is 2. The van der Waals surface area contributed by atoms with Gasteiger partial charge in [0.05, 0.1) is 6.61 Å². The monoisotopic (exact) mass is 188 g/mol. The predicted molar refractivity (Wildman–Crippen MR) is 47.4 cm³/mol. The van der Waals surface area contributed by atoms with E-state index in [0.29, 0.717) is 26.2 Å². The highest BCUT2D eigenvalue weighted by Crippen LogP contribution is 1.90. The lowest BCUT2D eigenvalue weighted by Crippen LogP contribution is -2.11. The summed E-state index contributed by atoms with van der Waals surface area (Å²) < 4.78 is 9.80. The minimum atomic E-state index is -0.455. The highest BCUT2D eigenvalue weighted by atomic mass is 16.5. The first-order valence-corrected chi connectivity index (χ1v) is 4.39. The zero-order valence-electron chi connectivity index (χ0n) is 8.17. The second kappa shape index (κ2) is 7.73. The molecule has 0 spiro atoms. The summed E-state index contributed by atoms with van der Waals surface area (Å²) in [5, 5.41) is 0. The molecule has 0 unspecified atom stereocenters. The Kier molecular flexibility index (Phi) is 7.20. The zero-order chi connectivity index (χ0) is 10.1. The molecule has 0 heterocycles. The highest BCUT2D eigenvalue weighted by Gasteiger charge is 2.05. The summed E-state index contributed by atoms with van der Waals surface area (Å²) in [4.78, 5) is 21.3. The lowest BCUT2D eigenvalue weighted by molar-refractivity contribution is -0.146. The number of esters is 1. The predicted octanol–water partition coefficient (Wildman–Crippen LogP) is 0.935. The fraction of sp³-hybridized carbons (Fsp3) is 0.778. The molecule has 0 rings (SSSR count). The summed E-state index contributed by atoms with van der Waals surface area (Å²) in [6.45, 7) is 4.85. The molecular weight excluding hydrogens is 172 g/mol. The molecule has 0 aromatic rings. The molecule has 0 aliphatic rings. The first kappa shape index (κ1) is 12.1. The van der Waals surface area contributed by atoms with Crippen LogP contribution in [0.15, 0.2) is 0 Å². The maximum atomic E-state index is 10.8. The van der Waals surface area contributed by atoms with Crippen LogP contribution in [0.25, 0.3) is 0 Å². The Morgan fingerprint density at radius 2 is 1.92 bits per heavy atom. The molecule has 0 amide bonds. The van der Waals surface area contributed by atoms with Gasteiger partial charge in [-0.15, -0.1) is 0 Å². The van der Waals surface area contributed by atoms with Crippen LogP contribution < -0.4 is 0 Å². The highest BCUT2D eigenvalue weighted by molar-refractivity contribution is 5.94. The van der Waals surface area contributed by atoms with Crippen molar-refractivity contribution in [3.05, 3.63) is 0 Å². The molecule has 76 valence electrons. The van der Waals surface area contributed by atoms with Gasteiger partial charge in [0, 0.05) is 19.6 Å². The van der Waals surface area contributed by atoms with E-state index < -0.39 is 5.97 Å². The molecule has 0 bridgehead atoms. The normalized spacial score (nSPS) is 9.69. The molecule has 0 radical (unpaired) electrons. The summed E-state index contributed by atoms with van der Waals surface area (Å²) in [6, 6.07) is 0. The molecule has 0 aromatic carbocycles. The van der Waals surface area contributed by atoms with Crippen LogP contribution >= 0.6 is 0 Å². The van der Waals surface area contributed by atoms with Gasteiger partial charge < -0.3 is 9.47 Å². The van der Waals surface area contributed by atoms with Crippen molar-refractivity contribution in [3.63, 3.8) is 0 Å². The van der Waals surface area contributed by atoms with Crippen LogP contribution in [0.4, 0.5) is 0 Å². The minimum Gasteiger partial charge on any atom is -0.465 e. The van der Waals surface area contributed by atoms with E-state index in [1.165, 1.54) is 6.92 Å². The van der Waals surface area contributed by atoms with Crippen molar-refractivity contribution in [1.29, 1.82) is 0 Å². The number of ether oxygens (including phenoxy) is 2. The van der Waals surface area contributed by atoms with Crippen LogP contribution in [0.1, 0.15) is 26.7 Å². The van der Waals surface area contributed by atoms with Gasteiger partial charge in [0.1, 0.15) is 12.2 Å². The van der Waals surface area contributed by atoms with E-state index in [-0.39, 0.29) is 12.2 Å². The van der Waals surface area contributed by atoms with Crippen LogP contribution in [0.5, 0.6) is 0 Å². The molecule has 13 heavy (non-hydrogen) atoms. The van der Waals surface area contributed by atoms with E-state index in [4.69, 9.17) is 9.47 Å². The van der Waals surface area contributed by atoms with Crippen molar-refractivity contribution in [2.45, 2.75) is 26.7 Å². The van der Waals surface area contributed by atoms with E-state index in [1.807, 2.05) is 6.92 Å². The molecule has 0 saturated carbocycles. The van der Waals surface area contributed by atoms with E-state index in [2.05, 4.69) is 0 Å². The molecule has 0 aromatic heterocycles. The molecular formula is C9H16O4. The molecule has 4 nitrogen and oxygen atoms in total. The number of ketones is 1. The Balaban J connectivity index is 3.22. The van der Waals surface area contributed by atoms with Crippen molar-refractivity contribution >= 4 is 11.8 Å². The van der Waals surface area contributed by atoms with Crippen molar-refractivity contribution in [3.8, 4) is 0 Å². The summed E-state index contributed by atoms with van der Waals surface area (Å²) in [5.41, 5.74) is 0. The maximum Gasteiger partial charge on any atom is 0.313 e. The van der Waals surface area contributed by atoms with E-state index >= 15 is 0 Å². The molecule has 4 heteroatoms. The van der Waals surface area contributed by atoms with E-state index in [0.717, 1.165) is 0 Å². The molecule has 0 fully saturated rings. The Morgan fingerprint density at radius 1 is 1.23 bits per heavy atom. The molecule has 0 saturated heterocycles. The van der Waals surface area contributed by atoms with Gasteiger partial charge in [-0.3, -0.25) is 9.59 Å². The lowest BCUT2D eigenvalue weighted by atomic mass is 10.3. The third-order valence-electron chi connectivity index (χ3n) is 1.29. The van der Waals surface area contributed by atoms with Gasteiger partial charge in [-0.2, -0.15) is 0 Å². The van der Waals surface area contributed by atoms with Gasteiger partial charge >= 0.3 is 5.97 Å². The van der Waals surface area contributed by atoms with Gasteiger partial charge in [-0.05, 0) is 13.8 Å². The zero-order valence-corrected chi connectivity index (χ0v) is 8.17. The van der Waals surface area contributed by atoms with E-state index in [9.17, 15) is 9.59 Å². The first-order chi connectivity index (χ1) is 6.16. The fourth-order valence-corrected chi connectivity index (χ4v) is 0.746. The summed E-state index contributed by atoms with van der Waals surface area (Å²) in [7, 11) is 0. The minimum absolute atomic E-state index is 0.130. The third kappa shape index (κ3) is 9.01. The Bertz CT molecular complexity index is 165. The van der Waals surface area contributed by atoms with Crippen LogP contribution in [0.3, 0.4) is 0 Å². The van der Waals surface area contributed by atoms with Gasteiger partial charge in [-0.25, -0.2) is 0 Å². The number of rotatable bonds is 7. The standard InChI is InChI=1S/C9H16O4/c1-3-12-5-4-6-13-9(11)7-8(2)10/h3-7H2,1-2H3. The van der Waals surface area contributed by atoms with Crippen LogP contribution in [0, 0.1) is 0 Å². The molecule has 0 aliphatic carbocycles. The van der Waals surface area contributed by atoms with Gasteiger partial charge in [0.15, 0.2) is 0 Å². The Morgan fingerprint density at radius 3 is 2.46 bits per heavy atom. The average Bonchev–Trinajstić information content (AvgIpc) is 2.02. The van der Waals surface area contributed by atoms with Crippen molar-refractivity contribution in [2.75, 3.05) is 19.8 Å². The maximum absolute atomic E-state index is 10.8. The van der Waals surface area contributed by atoms with Crippen molar-refractivity contribution < 1.29 is 19.1 Å². The largest absolute Gasteiger partial charge is 0.465 e. The molecule has 0 N–H and O–H groups in total. The van der Waals surface area contributed by atoms with Crippen LogP contribution in [-0.4, -0.2) is 31.6 Å². The number of Topliss-reactive ketones (excluding diaryl/α,β-unsaturated/α-hetero) is 1. The second-order valence-electron chi connectivity index (χ2n) is 2.65. The van der Waals surface area contributed by atoms with Gasteiger partial charge in [0.2, 0.25) is 0 Å².